The first kappa shape index (κ1) is 18.6. The Morgan fingerprint density at radius 3 is 2.19 bits per heavy atom. The van der Waals surface area contributed by atoms with Gasteiger partial charge in [-0.25, -0.2) is 0 Å². The molecular formula is C21H23N3O3. The maximum absolute atomic E-state index is 12.3. The van der Waals surface area contributed by atoms with Gasteiger partial charge in [-0.15, -0.1) is 0 Å². The van der Waals surface area contributed by atoms with Gasteiger partial charge in [-0.1, -0.05) is 42.5 Å². The summed E-state index contributed by atoms with van der Waals surface area (Å²) >= 11 is 0. The summed E-state index contributed by atoms with van der Waals surface area (Å²) in [6, 6.07) is 16.8. The first-order chi connectivity index (χ1) is 13.1. The van der Waals surface area contributed by atoms with E-state index in [1.165, 1.54) is 0 Å². The van der Waals surface area contributed by atoms with E-state index in [1.54, 1.807) is 21.9 Å². The van der Waals surface area contributed by atoms with Crippen molar-refractivity contribution in [3.05, 3.63) is 71.3 Å². The quantitative estimate of drug-likeness (QED) is 0.794. The monoisotopic (exact) mass is 365 g/mol. The van der Waals surface area contributed by atoms with Crippen LogP contribution in [0.25, 0.3) is 0 Å². The number of hydrogen-bond donors (Lipinski definition) is 1. The summed E-state index contributed by atoms with van der Waals surface area (Å²) in [7, 11) is 0. The topological polar surface area (TPSA) is 69.7 Å². The number of carbonyl (C=O) groups excluding carboxylic acids is 3. The minimum Gasteiger partial charge on any atom is -0.348 e. The van der Waals surface area contributed by atoms with Gasteiger partial charge in [-0.2, -0.15) is 0 Å². The Hall–Kier alpha value is -3.15. The van der Waals surface area contributed by atoms with Crippen molar-refractivity contribution in [2.24, 2.45) is 0 Å². The van der Waals surface area contributed by atoms with E-state index in [0.717, 1.165) is 11.1 Å². The number of nitrogens with zero attached hydrogens (tertiary/aromatic N) is 2. The van der Waals surface area contributed by atoms with Crippen molar-refractivity contribution in [1.29, 1.82) is 0 Å². The molecule has 3 amide bonds. The Morgan fingerprint density at radius 2 is 1.52 bits per heavy atom. The van der Waals surface area contributed by atoms with Crippen molar-refractivity contribution in [3.8, 4) is 0 Å². The molecule has 1 heterocycles. The molecule has 2 aromatic rings. The van der Waals surface area contributed by atoms with Crippen LogP contribution in [0.4, 0.5) is 0 Å². The van der Waals surface area contributed by atoms with Gasteiger partial charge in [-0.3, -0.25) is 14.4 Å². The number of hydrogen-bond acceptors (Lipinski definition) is 3. The summed E-state index contributed by atoms with van der Waals surface area (Å²) in [5, 5.41) is 2.89. The Bertz CT molecular complexity index is 818. The van der Waals surface area contributed by atoms with Crippen molar-refractivity contribution in [2.45, 2.75) is 20.0 Å². The molecule has 2 aromatic carbocycles. The van der Waals surface area contributed by atoms with E-state index in [2.05, 4.69) is 5.32 Å². The van der Waals surface area contributed by atoms with Gasteiger partial charge >= 0.3 is 11.8 Å². The number of piperazine rings is 1. The number of likely N-dealkylation sites (N-methyl/N-ethyl adjacent to an activating group) is 1. The van der Waals surface area contributed by atoms with Gasteiger partial charge in [0.05, 0.1) is 0 Å². The Labute approximate surface area is 158 Å². The normalized spacial score (nSPS) is 14.4. The Kier molecular flexibility index (Phi) is 5.86. The molecule has 1 saturated heterocycles. The van der Waals surface area contributed by atoms with Crippen LogP contribution in [0.1, 0.15) is 28.4 Å². The molecule has 6 heteroatoms. The van der Waals surface area contributed by atoms with Crippen LogP contribution < -0.4 is 5.32 Å². The number of benzene rings is 2. The van der Waals surface area contributed by atoms with Crippen molar-refractivity contribution in [1.82, 2.24) is 15.1 Å². The predicted molar refractivity (Wildman–Crippen MR) is 102 cm³/mol. The number of carbonyl (C=O) groups is 3. The molecule has 0 aliphatic carbocycles. The molecule has 0 bridgehead atoms. The lowest BCUT2D eigenvalue weighted by molar-refractivity contribution is -0.156. The molecule has 0 aromatic heterocycles. The smallest absolute Gasteiger partial charge is 0.312 e. The molecule has 1 aliphatic heterocycles. The first-order valence-electron chi connectivity index (χ1n) is 9.07. The molecule has 1 aliphatic rings. The van der Waals surface area contributed by atoms with Gasteiger partial charge in [0.2, 0.25) is 0 Å². The lowest BCUT2D eigenvalue weighted by Crippen LogP contribution is -2.53. The van der Waals surface area contributed by atoms with Gasteiger partial charge in [0.15, 0.2) is 0 Å². The minimum atomic E-state index is -0.465. The molecule has 0 radical (unpaired) electrons. The second-order valence-electron chi connectivity index (χ2n) is 6.48. The third-order valence-electron chi connectivity index (χ3n) is 4.66. The lowest BCUT2D eigenvalue weighted by Gasteiger charge is -2.33. The molecule has 27 heavy (non-hydrogen) atoms. The maximum Gasteiger partial charge on any atom is 0.312 e. The lowest BCUT2D eigenvalue weighted by atomic mass is 10.1. The van der Waals surface area contributed by atoms with Crippen molar-refractivity contribution in [2.75, 3.05) is 19.6 Å². The standard InChI is InChI=1S/C21H23N3O3/c1-2-23-12-13-24(21(27)20(23)26)15-17-8-10-18(11-9-17)19(25)22-14-16-6-4-3-5-7-16/h3-11H,2,12-15H2,1H3,(H,22,25). The average molecular weight is 365 g/mol. The highest BCUT2D eigenvalue weighted by Gasteiger charge is 2.31. The Balaban J connectivity index is 1.56. The van der Waals surface area contributed by atoms with Crippen LogP contribution in [0.15, 0.2) is 54.6 Å². The van der Waals surface area contributed by atoms with Crippen LogP contribution in [0, 0.1) is 0 Å². The van der Waals surface area contributed by atoms with E-state index >= 15 is 0 Å². The number of amides is 3. The van der Waals surface area contributed by atoms with Crippen LogP contribution >= 0.6 is 0 Å². The third kappa shape index (κ3) is 4.53. The molecule has 0 atom stereocenters. The van der Waals surface area contributed by atoms with Crippen LogP contribution in [0.2, 0.25) is 0 Å². The fourth-order valence-electron chi connectivity index (χ4n) is 3.03. The SMILES string of the molecule is CCN1CCN(Cc2ccc(C(=O)NCc3ccccc3)cc2)C(=O)C1=O. The highest BCUT2D eigenvalue weighted by atomic mass is 16.2. The summed E-state index contributed by atoms with van der Waals surface area (Å²) in [6.07, 6.45) is 0. The summed E-state index contributed by atoms with van der Waals surface area (Å²) in [5.41, 5.74) is 2.49. The maximum atomic E-state index is 12.3. The van der Waals surface area contributed by atoms with E-state index in [9.17, 15) is 14.4 Å². The summed E-state index contributed by atoms with van der Waals surface area (Å²) in [5.74, 6) is -1.05. The van der Waals surface area contributed by atoms with Gasteiger partial charge in [-0.05, 0) is 30.2 Å². The number of rotatable bonds is 6. The fourth-order valence-corrected chi connectivity index (χ4v) is 3.03. The van der Waals surface area contributed by atoms with E-state index in [4.69, 9.17) is 0 Å². The van der Waals surface area contributed by atoms with Crippen LogP contribution in [-0.4, -0.2) is 47.2 Å². The zero-order chi connectivity index (χ0) is 19.2. The van der Waals surface area contributed by atoms with Gasteiger partial charge in [0, 0.05) is 38.3 Å². The van der Waals surface area contributed by atoms with Crippen molar-refractivity contribution >= 4 is 17.7 Å². The van der Waals surface area contributed by atoms with Crippen LogP contribution in [0.5, 0.6) is 0 Å². The average Bonchev–Trinajstić information content (AvgIpc) is 2.71. The van der Waals surface area contributed by atoms with Gasteiger partial charge in [0.1, 0.15) is 0 Å². The second-order valence-corrected chi connectivity index (χ2v) is 6.48. The molecule has 140 valence electrons. The van der Waals surface area contributed by atoms with Crippen LogP contribution in [-0.2, 0) is 22.7 Å². The first-order valence-corrected chi connectivity index (χ1v) is 9.07. The van der Waals surface area contributed by atoms with Gasteiger partial charge < -0.3 is 15.1 Å². The third-order valence-corrected chi connectivity index (χ3v) is 4.66. The molecule has 6 nitrogen and oxygen atoms in total. The molecule has 1 fully saturated rings. The van der Waals surface area contributed by atoms with Crippen LogP contribution in [0.3, 0.4) is 0 Å². The zero-order valence-corrected chi connectivity index (χ0v) is 15.4. The number of nitrogens with one attached hydrogen (secondary N) is 1. The van der Waals surface area contributed by atoms with Crippen molar-refractivity contribution < 1.29 is 14.4 Å². The minimum absolute atomic E-state index is 0.145. The summed E-state index contributed by atoms with van der Waals surface area (Å²) in [4.78, 5) is 39.5. The molecule has 0 spiro atoms. The molecule has 3 rings (SSSR count). The van der Waals surface area contributed by atoms with E-state index in [0.29, 0.717) is 38.3 Å². The second kappa shape index (κ2) is 8.49. The molecule has 0 saturated carbocycles. The fraction of sp³-hybridized carbons (Fsp3) is 0.286. The largest absolute Gasteiger partial charge is 0.348 e. The zero-order valence-electron chi connectivity index (χ0n) is 15.4. The van der Waals surface area contributed by atoms with E-state index in [-0.39, 0.29) is 5.91 Å². The Morgan fingerprint density at radius 1 is 0.889 bits per heavy atom. The highest BCUT2D eigenvalue weighted by molar-refractivity contribution is 6.35. The highest BCUT2D eigenvalue weighted by Crippen LogP contribution is 2.12. The predicted octanol–water partition coefficient (Wildman–Crippen LogP) is 1.81. The summed E-state index contributed by atoms with van der Waals surface area (Å²) in [6.45, 7) is 4.33. The molecule has 0 unspecified atom stereocenters. The van der Waals surface area contributed by atoms with Crippen molar-refractivity contribution in [3.63, 3.8) is 0 Å². The molecule has 1 N–H and O–H groups in total. The van der Waals surface area contributed by atoms with E-state index in [1.807, 2.05) is 49.4 Å². The molecular weight excluding hydrogens is 342 g/mol. The van der Waals surface area contributed by atoms with Gasteiger partial charge in [0.25, 0.3) is 5.91 Å². The van der Waals surface area contributed by atoms with E-state index < -0.39 is 11.8 Å². The summed E-state index contributed by atoms with van der Waals surface area (Å²) < 4.78 is 0.